The lowest BCUT2D eigenvalue weighted by atomic mass is 9.99. The molecule has 0 rings (SSSR count). The van der Waals surface area contributed by atoms with Crippen LogP contribution in [0.3, 0.4) is 0 Å². The highest BCUT2D eigenvalue weighted by atomic mass is 35.5. The Bertz CT molecular complexity index is 410. The Hall–Kier alpha value is 1.40. The Morgan fingerprint density at radius 3 is 0.870 bits per heavy atom. The molecule has 0 aliphatic heterocycles. The predicted octanol–water partition coefficient (Wildman–Crippen LogP) is 7.17. The van der Waals surface area contributed by atoms with Crippen LogP contribution >= 0.6 is 81.2 Å². The van der Waals surface area contributed by atoms with Gasteiger partial charge < -0.3 is 0 Å². The van der Waals surface area contributed by atoms with Gasteiger partial charge in [-0.2, -0.15) is 26.3 Å². The van der Waals surface area contributed by atoms with Crippen molar-refractivity contribution < 1.29 is 39.5 Å². The minimum atomic E-state index is -6.51. The van der Waals surface area contributed by atoms with Gasteiger partial charge in [-0.3, -0.25) is 0 Å². The zero-order valence-corrected chi connectivity index (χ0v) is 14.8. The summed E-state index contributed by atoms with van der Waals surface area (Å²) in [7, 11) is 0. The number of rotatable bonds is 6. The van der Waals surface area contributed by atoms with Crippen LogP contribution in [0.1, 0.15) is 0 Å². The Kier molecular flexibility index (Phi) is 6.61. The lowest BCUT2D eigenvalue weighted by Crippen LogP contribution is -2.70. The van der Waals surface area contributed by atoms with Gasteiger partial charge in [-0.1, -0.05) is 81.2 Å². The molecule has 1 unspecified atom stereocenters. The van der Waals surface area contributed by atoms with E-state index >= 15 is 0 Å². The fraction of sp³-hybridized carbons (Fsp3) is 1.00. The summed E-state index contributed by atoms with van der Waals surface area (Å²) in [6.07, 6.45) is 0. The Labute approximate surface area is 157 Å². The van der Waals surface area contributed by atoms with E-state index in [2.05, 4.69) is 81.2 Å². The van der Waals surface area contributed by atoms with Crippen LogP contribution in [0.2, 0.25) is 0 Å². The van der Waals surface area contributed by atoms with E-state index in [1.54, 1.807) is 0 Å². The zero-order valence-electron chi connectivity index (χ0n) is 9.55. The van der Waals surface area contributed by atoms with Gasteiger partial charge in [0.1, 0.15) is 0 Å². The molecule has 0 radical (unpaired) electrons. The number of alkyl halides is 16. The third-order valence-electron chi connectivity index (χ3n) is 2.29. The second-order valence-corrected chi connectivity index (χ2v) is 8.19. The summed E-state index contributed by atoms with van der Waals surface area (Å²) >= 11 is 29.8. The third kappa shape index (κ3) is 3.49. The molecular formula is C7Cl7F9. The second kappa shape index (κ2) is 6.23. The molecule has 0 aliphatic rings. The molecule has 140 valence electrons. The molecule has 0 aromatic carbocycles. The van der Waals surface area contributed by atoms with E-state index in [0.717, 1.165) is 0 Å². The van der Waals surface area contributed by atoms with E-state index in [0.29, 0.717) is 0 Å². The molecule has 23 heavy (non-hydrogen) atoms. The van der Waals surface area contributed by atoms with Gasteiger partial charge >= 0.3 is 32.1 Å². The van der Waals surface area contributed by atoms with Gasteiger partial charge in [0.2, 0.25) is 0 Å². The van der Waals surface area contributed by atoms with E-state index < -0.39 is 36.4 Å². The first kappa shape index (κ1) is 24.4. The molecule has 1 atom stereocenters. The molecule has 0 saturated heterocycles. The molecule has 0 N–H and O–H groups in total. The van der Waals surface area contributed by atoms with Crippen molar-refractivity contribution in [1.82, 2.24) is 0 Å². The maximum Gasteiger partial charge on any atom is 0.362 e. The number of hydrogen-bond donors (Lipinski definition) is 0. The molecule has 0 aromatic heterocycles. The molecule has 0 spiro atoms. The van der Waals surface area contributed by atoms with E-state index in [-0.39, 0.29) is 0 Å². The number of hydrogen-bond acceptors (Lipinski definition) is 0. The van der Waals surface area contributed by atoms with E-state index in [4.69, 9.17) is 0 Å². The lowest BCUT2D eigenvalue weighted by molar-refractivity contribution is -0.254. The highest BCUT2D eigenvalue weighted by molar-refractivity contribution is 6.54. The Balaban J connectivity index is 6.37. The lowest BCUT2D eigenvalue weighted by Gasteiger charge is -2.44. The monoisotopic (exact) mass is 500 g/mol. The molecule has 0 saturated carbocycles. The maximum absolute atomic E-state index is 13.7. The predicted molar refractivity (Wildman–Crippen MR) is 70.1 cm³/mol. The van der Waals surface area contributed by atoms with E-state index in [9.17, 15) is 39.5 Å². The van der Waals surface area contributed by atoms with Gasteiger partial charge in [0.25, 0.3) is 4.33 Å². The molecule has 0 nitrogen and oxygen atoms in total. The van der Waals surface area contributed by atoms with Gasteiger partial charge in [-0.05, 0) is 0 Å². The van der Waals surface area contributed by atoms with Crippen LogP contribution in [0.4, 0.5) is 39.5 Å². The number of halogens is 16. The molecule has 0 fully saturated rings. The summed E-state index contributed by atoms with van der Waals surface area (Å²) in [4.78, 5) is 0. The largest absolute Gasteiger partial charge is 0.362 e. The van der Waals surface area contributed by atoms with E-state index in [1.165, 1.54) is 0 Å². The molecule has 0 heterocycles. The standard InChI is InChI=1S/C7Cl7F9/c8-1(9,4(18,19)6(11,12)22)3(16,17)2(10,15)5(20,21)7(13,14)23. The van der Waals surface area contributed by atoms with Gasteiger partial charge in [0.05, 0.1) is 0 Å². The van der Waals surface area contributed by atoms with Crippen LogP contribution < -0.4 is 0 Å². The summed E-state index contributed by atoms with van der Waals surface area (Å²) < 4.78 is 105. The SMILES string of the molecule is FC(Cl)(Cl)C(F)(F)C(F)(Cl)C(F)(F)C(Cl)(Cl)C(F)(F)C(F)(Cl)Cl. The molecular weight excluding hydrogens is 503 g/mol. The van der Waals surface area contributed by atoms with Crippen LogP contribution in [0.5, 0.6) is 0 Å². The van der Waals surface area contributed by atoms with Gasteiger partial charge in [-0.15, -0.1) is 0 Å². The summed E-state index contributed by atoms with van der Waals surface area (Å²) in [5, 5.41) is -6.18. The zero-order chi connectivity index (χ0) is 19.5. The highest BCUT2D eigenvalue weighted by Gasteiger charge is 2.88. The van der Waals surface area contributed by atoms with Crippen molar-refractivity contribution in [2.75, 3.05) is 0 Å². The molecule has 0 aliphatic carbocycles. The van der Waals surface area contributed by atoms with Crippen molar-refractivity contribution in [3.8, 4) is 0 Å². The quantitative estimate of drug-likeness (QED) is 0.266. The minimum absolute atomic E-state index is 4.16. The maximum atomic E-state index is 13.7. The van der Waals surface area contributed by atoms with Crippen molar-refractivity contribution in [1.29, 1.82) is 0 Å². The minimum Gasteiger partial charge on any atom is -0.212 e. The van der Waals surface area contributed by atoms with E-state index in [1.807, 2.05) is 0 Å². The van der Waals surface area contributed by atoms with Crippen molar-refractivity contribution in [2.24, 2.45) is 0 Å². The van der Waals surface area contributed by atoms with Gasteiger partial charge in [0, 0.05) is 0 Å². The van der Waals surface area contributed by atoms with Crippen LogP contribution in [-0.2, 0) is 0 Å². The first-order valence-electron chi connectivity index (χ1n) is 4.52. The molecule has 16 heteroatoms. The van der Waals surface area contributed by atoms with Crippen molar-refractivity contribution in [2.45, 2.75) is 36.4 Å². The Morgan fingerprint density at radius 2 is 0.652 bits per heavy atom. The van der Waals surface area contributed by atoms with Crippen molar-refractivity contribution >= 4 is 81.2 Å². The summed E-state index contributed by atoms with van der Waals surface area (Å²) in [6, 6.07) is 0. The van der Waals surface area contributed by atoms with Crippen LogP contribution in [0, 0.1) is 0 Å². The summed E-state index contributed by atoms with van der Waals surface area (Å²) in [5.41, 5.74) is 0. The topological polar surface area (TPSA) is 0 Å². The summed E-state index contributed by atoms with van der Waals surface area (Å²) in [5.74, 6) is -18.8. The highest BCUT2D eigenvalue weighted by Crippen LogP contribution is 2.66. The Morgan fingerprint density at radius 1 is 0.391 bits per heavy atom. The fourth-order valence-electron chi connectivity index (χ4n) is 0.948. The van der Waals surface area contributed by atoms with Crippen molar-refractivity contribution in [3.63, 3.8) is 0 Å². The smallest absolute Gasteiger partial charge is 0.212 e. The second-order valence-electron chi connectivity index (χ2n) is 3.87. The first-order chi connectivity index (χ1) is 9.50. The molecule has 0 aromatic rings. The summed E-state index contributed by atoms with van der Waals surface area (Å²) in [6.45, 7) is 0. The average molecular weight is 503 g/mol. The van der Waals surface area contributed by atoms with Crippen molar-refractivity contribution in [3.05, 3.63) is 0 Å². The van der Waals surface area contributed by atoms with Crippen LogP contribution in [0.25, 0.3) is 0 Å². The normalized spacial score (nSPS) is 18.8. The average Bonchev–Trinajstić information content (AvgIpc) is 2.24. The van der Waals surface area contributed by atoms with Crippen LogP contribution in [-0.4, -0.2) is 36.4 Å². The first-order valence-corrected chi connectivity index (χ1v) is 7.17. The van der Waals surface area contributed by atoms with Gasteiger partial charge in [-0.25, -0.2) is 13.2 Å². The van der Waals surface area contributed by atoms with Gasteiger partial charge in [0.15, 0.2) is 0 Å². The van der Waals surface area contributed by atoms with Crippen LogP contribution in [0.15, 0.2) is 0 Å². The third-order valence-corrected chi connectivity index (χ3v) is 4.66. The fourth-order valence-corrected chi connectivity index (χ4v) is 2.67. The molecule has 0 amide bonds. The molecule has 0 bridgehead atoms.